The van der Waals surface area contributed by atoms with Crippen molar-refractivity contribution in [1.82, 2.24) is 9.06 Å². The largest absolute Gasteiger partial charge is 0.284 e. The van der Waals surface area contributed by atoms with Gasteiger partial charge in [0.15, 0.2) is 0 Å². The number of benzene rings is 1. The number of hydrogen-bond acceptors (Lipinski definition) is 2. The van der Waals surface area contributed by atoms with Gasteiger partial charge in [-0.15, -0.1) is 4.53 Å². The van der Waals surface area contributed by atoms with E-state index >= 15 is 0 Å². The monoisotopic (exact) mass is 288 g/mol. The smallest absolute Gasteiger partial charge is 0.266 e. The van der Waals surface area contributed by atoms with Gasteiger partial charge >= 0.3 is 0 Å². The molecule has 0 heterocycles. The van der Waals surface area contributed by atoms with Crippen LogP contribution in [0.2, 0.25) is 0 Å². The Morgan fingerprint density at radius 3 is 2.06 bits per heavy atom. The number of carbonyl (C=O) groups is 1. The van der Waals surface area contributed by atoms with Crippen LogP contribution < -0.4 is 0 Å². The highest BCUT2D eigenvalue weighted by molar-refractivity contribution is 6.27. The third-order valence-corrected chi connectivity index (χ3v) is 3.52. The Hall–Kier alpha value is -0.770. The molecule has 0 fully saturated rings. The number of nitrogens with zero attached hydrogens (tertiary/aromatic N) is 2. The molecule has 1 aromatic rings. The Morgan fingerprint density at radius 2 is 1.67 bits per heavy atom. The molecule has 0 radical (unpaired) electrons. The van der Waals surface area contributed by atoms with Crippen LogP contribution in [0.5, 0.6) is 0 Å². The summed E-state index contributed by atoms with van der Waals surface area (Å²) in [6, 6.07) is 7.33. The predicted molar refractivity (Wildman–Crippen MR) is 75.3 cm³/mol. The minimum absolute atomic E-state index is 0.343. The summed E-state index contributed by atoms with van der Waals surface area (Å²) in [5.41, 5.74) is 1.24. The third-order valence-electron chi connectivity index (χ3n) is 2.48. The van der Waals surface area contributed by atoms with Crippen LogP contribution in [-0.2, 0) is 6.42 Å². The molecule has 0 atom stereocenters. The lowest BCUT2D eigenvalue weighted by molar-refractivity contribution is 0.0456. The van der Waals surface area contributed by atoms with Gasteiger partial charge in [0.05, 0.1) is 5.54 Å². The van der Waals surface area contributed by atoms with Crippen molar-refractivity contribution >= 4 is 29.5 Å². The van der Waals surface area contributed by atoms with E-state index in [0.717, 1.165) is 10.9 Å². The lowest BCUT2D eigenvalue weighted by Crippen LogP contribution is -2.45. The second-order valence-corrected chi connectivity index (χ2v) is 5.69. The van der Waals surface area contributed by atoms with Crippen LogP contribution in [0.3, 0.4) is 0 Å². The molecule has 3 nitrogen and oxygen atoms in total. The maximum Gasteiger partial charge on any atom is 0.284 e. The van der Waals surface area contributed by atoms with E-state index in [0.29, 0.717) is 5.56 Å². The summed E-state index contributed by atoms with van der Waals surface area (Å²) in [5, 5.41) is 0. The van der Waals surface area contributed by atoms with Crippen molar-refractivity contribution in [3.63, 3.8) is 0 Å². The fourth-order valence-corrected chi connectivity index (χ4v) is 1.73. The van der Waals surface area contributed by atoms with Crippen LogP contribution >= 0.6 is 23.6 Å². The van der Waals surface area contributed by atoms with E-state index in [4.69, 9.17) is 23.6 Å². The Kier molecular flexibility index (Phi) is 5.02. The third kappa shape index (κ3) is 3.61. The second-order valence-electron chi connectivity index (χ2n) is 5.05. The van der Waals surface area contributed by atoms with Crippen molar-refractivity contribution in [2.45, 2.75) is 39.7 Å². The zero-order valence-electron chi connectivity index (χ0n) is 11.1. The van der Waals surface area contributed by atoms with Gasteiger partial charge in [0.25, 0.3) is 5.91 Å². The molecule has 0 aliphatic heterocycles. The normalized spacial score (nSPS) is 11.7. The van der Waals surface area contributed by atoms with Gasteiger partial charge in [0.1, 0.15) is 0 Å². The first-order chi connectivity index (χ1) is 8.27. The lowest BCUT2D eigenvalue weighted by Gasteiger charge is -2.33. The van der Waals surface area contributed by atoms with Gasteiger partial charge < -0.3 is 0 Å². The van der Waals surface area contributed by atoms with E-state index in [-0.39, 0.29) is 5.91 Å². The Labute approximate surface area is 118 Å². The van der Waals surface area contributed by atoms with Crippen molar-refractivity contribution in [3.8, 4) is 0 Å². The number of rotatable bonds is 3. The van der Waals surface area contributed by atoms with E-state index in [1.165, 1.54) is 10.1 Å². The number of amides is 1. The van der Waals surface area contributed by atoms with Crippen LogP contribution in [0.15, 0.2) is 24.3 Å². The topological polar surface area (TPSA) is 23.6 Å². The van der Waals surface area contributed by atoms with Crippen molar-refractivity contribution in [2.75, 3.05) is 0 Å². The minimum Gasteiger partial charge on any atom is -0.266 e. The molecule has 0 saturated heterocycles. The van der Waals surface area contributed by atoms with Crippen molar-refractivity contribution in [3.05, 3.63) is 35.4 Å². The van der Waals surface area contributed by atoms with E-state index in [2.05, 4.69) is 6.92 Å². The van der Waals surface area contributed by atoms with Gasteiger partial charge in [-0.25, -0.2) is 0 Å². The van der Waals surface area contributed by atoms with Crippen molar-refractivity contribution in [1.29, 1.82) is 0 Å². The fraction of sp³-hybridized carbons (Fsp3) is 0.462. The highest BCUT2D eigenvalue weighted by atomic mass is 35.5. The average molecular weight is 289 g/mol. The summed E-state index contributed by atoms with van der Waals surface area (Å²) >= 11 is 12.0. The van der Waals surface area contributed by atoms with Crippen LogP contribution in [0.25, 0.3) is 0 Å². The van der Waals surface area contributed by atoms with E-state index in [1.54, 1.807) is 12.1 Å². The molecule has 5 heteroatoms. The summed E-state index contributed by atoms with van der Waals surface area (Å²) in [6.45, 7) is 7.65. The van der Waals surface area contributed by atoms with Crippen LogP contribution in [-0.4, -0.2) is 20.5 Å². The number of hydrazine groups is 1. The Balaban J connectivity index is 2.86. The van der Waals surface area contributed by atoms with Crippen LogP contribution in [0.1, 0.15) is 43.6 Å². The molecule has 0 aliphatic rings. The molecule has 0 bridgehead atoms. The van der Waals surface area contributed by atoms with Gasteiger partial charge in [0.2, 0.25) is 0 Å². The molecular formula is C13H18Cl2N2O. The van der Waals surface area contributed by atoms with Gasteiger partial charge in [-0.05, 0) is 44.9 Å². The highest BCUT2D eigenvalue weighted by Crippen LogP contribution is 2.23. The molecule has 100 valence electrons. The van der Waals surface area contributed by atoms with Crippen molar-refractivity contribution in [2.24, 2.45) is 0 Å². The molecule has 0 aromatic heterocycles. The first kappa shape index (κ1) is 15.3. The summed E-state index contributed by atoms with van der Waals surface area (Å²) in [6.07, 6.45) is 0.933. The minimum atomic E-state index is -0.442. The number of halogens is 2. The zero-order valence-corrected chi connectivity index (χ0v) is 12.6. The number of carbonyl (C=O) groups excluding carboxylic acids is 1. The van der Waals surface area contributed by atoms with Crippen molar-refractivity contribution < 1.29 is 4.79 Å². The fourth-order valence-electron chi connectivity index (χ4n) is 1.33. The molecule has 0 N–H and O–H groups in total. The molecule has 0 unspecified atom stereocenters. The van der Waals surface area contributed by atoms with E-state index in [9.17, 15) is 4.79 Å². The number of hydrogen-bond donors (Lipinski definition) is 0. The van der Waals surface area contributed by atoms with Crippen LogP contribution in [0.4, 0.5) is 0 Å². The quantitative estimate of drug-likeness (QED) is 0.620. The Morgan fingerprint density at radius 1 is 1.17 bits per heavy atom. The first-order valence-electron chi connectivity index (χ1n) is 5.82. The molecule has 0 spiro atoms. The lowest BCUT2D eigenvalue weighted by atomic mass is 10.1. The maximum atomic E-state index is 12.1. The van der Waals surface area contributed by atoms with Crippen LogP contribution in [0, 0.1) is 0 Å². The summed E-state index contributed by atoms with van der Waals surface area (Å²) in [7, 11) is 0. The van der Waals surface area contributed by atoms with E-state index < -0.39 is 5.54 Å². The van der Waals surface area contributed by atoms with Gasteiger partial charge in [-0.2, -0.15) is 4.53 Å². The molecule has 0 aliphatic carbocycles. The summed E-state index contributed by atoms with van der Waals surface area (Å²) in [4.78, 5) is 12.1. The second kappa shape index (κ2) is 5.91. The Bertz CT molecular complexity index is 412. The standard InChI is InChI=1S/C13H18Cl2N2O/c1-5-10-6-8-11(9-7-10)12(18)16(14)17(15)13(2,3)4/h6-9H,5H2,1-4H3. The number of aryl methyl sites for hydroxylation is 1. The molecule has 0 saturated carbocycles. The SMILES string of the molecule is CCc1ccc(C(=O)N(Cl)N(Cl)C(C)(C)C)cc1. The summed E-state index contributed by atoms with van der Waals surface area (Å²) < 4.78 is 2.09. The maximum absolute atomic E-state index is 12.1. The zero-order chi connectivity index (χ0) is 13.9. The molecule has 18 heavy (non-hydrogen) atoms. The molecule has 1 rings (SSSR count). The van der Waals surface area contributed by atoms with Gasteiger partial charge in [-0.1, -0.05) is 19.1 Å². The first-order valence-corrected chi connectivity index (χ1v) is 6.50. The molecule has 1 aromatic carbocycles. The molecule has 1 amide bonds. The van der Waals surface area contributed by atoms with E-state index in [1.807, 2.05) is 32.9 Å². The summed E-state index contributed by atoms with van der Waals surface area (Å²) in [5.74, 6) is -0.343. The average Bonchev–Trinajstić information content (AvgIpc) is 2.35. The molecular weight excluding hydrogens is 271 g/mol. The van der Waals surface area contributed by atoms with Gasteiger partial charge in [-0.3, -0.25) is 4.79 Å². The highest BCUT2D eigenvalue weighted by Gasteiger charge is 2.29. The predicted octanol–water partition coefficient (Wildman–Crippen LogP) is 4.01. The van der Waals surface area contributed by atoms with Gasteiger partial charge in [0, 0.05) is 29.1 Å².